The van der Waals surface area contributed by atoms with Crippen molar-refractivity contribution in [3.8, 4) is 0 Å². The maximum atomic E-state index is 5.47. The maximum Gasteiger partial charge on any atom is 0.124 e. The van der Waals surface area contributed by atoms with Crippen molar-refractivity contribution in [1.29, 1.82) is 0 Å². The normalized spacial score (nSPS) is 15.6. The van der Waals surface area contributed by atoms with Crippen molar-refractivity contribution in [2.45, 2.75) is 38.1 Å². The van der Waals surface area contributed by atoms with Gasteiger partial charge in [-0.2, -0.15) is 5.10 Å². The molecule has 0 atom stereocenters. The lowest BCUT2D eigenvalue weighted by molar-refractivity contribution is 0.321. The molecule has 0 saturated carbocycles. The Hall–Kier alpha value is -1.07. The van der Waals surface area contributed by atoms with Crippen LogP contribution in [-0.2, 0) is 0 Å². The van der Waals surface area contributed by atoms with E-state index in [1.807, 2.05) is 6.20 Å². The van der Waals surface area contributed by atoms with Crippen LogP contribution < -0.4 is 16.4 Å². The minimum absolute atomic E-state index is 0.534. The number of nitrogens with two attached hydrogens (primary N) is 1. The number of nitrogens with zero attached hydrogens (tertiary/aromatic N) is 2. The van der Waals surface area contributed by atoms with E-state index in [9.17, 15) is 0 Å². The first-order chi connectivity index (χ1) is 8.92. The van der Waals surface area contributed by atoms with E-state index in [1.165, 1.54) is 25.7 Å². The van der Waals surface area contributed by atoms with E-state index in [1.54, 1.807) is 0 Å². The molecule has 0 aliphatic carbocycles. The van der Waals surface area contributed by atoms with Crippen LogP contribution in [0.25, 0.3) is 0 Å². The van der Waals surface area contributed by atoms with E-state index >= 15 is 0 Å². The van der Waals surface area contributed by atoms with E-state index in [2.05, 4.69) is 26.5 Å². The zero-order valence-electron chi connectivity index (χ0n) is 11.1. The third-order valence-electron chi connectivity index (χ3n) is 3.46. The molecule has 0 amide bonds. The summed E-state index contributed by atoms with van der Waals surface area (Å²) in [5.74, 6) is 1.16. The monoisotopic (exact) mass is 251 g/mol. The van der Waals surface area contributed by atoms with Crippen molar-refractivity contribution in [3.05, 3.63) is 12.3 Å². The molecule has 1 aromatic rings. The van der Waals surface area contributed by atoms with E-state index in [4.69, 9.17) is 5.73 Å². The van der Waals surface area contributed by atoms with Gasteiger partial charge in [0.05, 0.1) is 12.2 Å². The van der Waals surface area contributed by atoms with E-state index in [0.717, 1.165) is 38.4 Å². The van der Waals surface area contributed by atoms with Gasteiger partial charge in [0.25, 0.3) is 0 Å². The Balaban J connectivity index is 1.60. The lowest BCUT2D eigenvalue weighted by Crippen LogP contribution is -2.44. The number of hydrogen-bond acceptors (Lipinski definition) is 4. The molecule has 0 aromatic carbocycles. The summed E-state index contributed by atoms with van der Waals surface area (Å²) in [5, 5.41) is 11.1. The molecule has 5 nitrogen and oxygen atoms in total. The molecule has 2 heterocycles. The second-order valence-corrected chi connectivity index (χ2v) is 4.96. The smallest absolute Gasteiger partial charge is 0.124 e. The fraction of sp³-hybridized carbons (Fsp3) is 0.769. The SMILES string of the molecule is NCCCCCCCNc1ccnn1C1CNC1. The van der Waals surface area contributed by atoms with E-state index < -0.39 is 0 Å². The van der Waals surface area contributed by atoms with Crippen molar-refractivity contribution in [1.82, 2.24) is 15.1 Å². The fourth-order valence-electron chi connectivity index (χ4n) is 2.21. The first kappa shape index (κ1) is 13.4. The van der Waals surface area contributed by atoms with Crippen LogP contribution in [0.3, 0.4) is 0 Å². The summed E-state index contributed by atoms with van der Waals surface area (Å²) in [6, 6.07) is 2.60. The second kappa shape index (κ2) is 7.38. The molecule has 1 fully saturated rings. The minimum Gasteiger partial charge on any atom is -0.370 e. The summed E-state index contributed by atoms with van der Waals surface area (Å²) in [7, 11) is 0. The van der Waals surface area contributed by atoms with Gasteiger partial charge in [-0.15, -0.1) is 0 Å². The van der Waals surface area contributed by atoms with Crippen LogP contribution in [0.5, 0.6) is 0 Å². The number of nitrogens with one attached hydrogen (secondary N) is 2. The van der Waals surface area contributed by atoms with Crippen LogP contribution in [0.2, 0.25) is 0 Å². The predicted octanol–water partition coefficient (Wildman–Crippen LogP) is 1.35. The average molecular weight is 251 g/mol. The van der Waals surface area contributed by atoms with Gasteiger partial charge in [-0.25, -0.2) is 4.68 Å². The summed E-state index contributed by atoms with van der Waals surface area (Å²) < 4.78 is 2.10. The highest BCUT2D eigenvalue weighted by Crippen LogP contribution is 2.17. The van der Waals surface area contributed by atoms with Crippen molar-refractivity contribution in [3.63, 3.8) is 0 Å². The van der Waals surface area contributed by atoms with Gasteiger partial charge in [0, 0.05) is 25.7 Å². The quantitative estimate of drug-likeness (QED) is 0.580. The number of aromatic nitrogens is 2. The Kier molecular flexibility index (Phi) is 5.48. The third-order valence-corrected chi connectivity index (χ3v) is 3.46. The van der Waals surface area contributed by atoms with Crippen LogP contribution >= 0.6 is 0 Å². The lowest BCUT2D eigenvalue weighted by atomic mass is 10.1. The van der Waals surface area contributed by atoms with Crippen LogP contribution in [0.15, 0.2) is 12.3 Å². The zero-order chi connectivity index (χ0) is 12.6. The summed E-state index contributed by atoms with van der Waals surface area (Å²) >= 11 is 0. The first-order valence-electron chi connectivity index (χ1n) is 7.10. The first-order valence-corrected chi connectivity index (χ1v) is 7.10. The van der Waals surface area contributed by atoms with Crippen LogP contribution in [-0.4, -0.2) is 36.0 Å². The number of hydrogen-bond donors (Lipinski definition) is 3. The molecule has 1 aromatic heterocycles. The van der Waals surface area contributed by atoms with E-state index in [0.29, 0.717) is 6.04 Å². The standard InChI is InChI=1S/C13H25N5/c14-7-4-2-1-3-5-8-16-13-6-9-17-18(13)12-10-15-11-12/h6,9,12,15-16H,1-5,7-8,10-11,14H2. The summed E-state index contributed by atoms with van der Waals surface area (Å²) in [6.45, 7) is 3.94. The lowest BCUT2D eigenvalue weighted by Gasteiger charge is -2.28. The third kappa shape index (κ3) is 3.71. The van der Waals surface area contributed by atoms with Crippen molar-refractivity contribution < 1.29 is 0 Å². The molecular weight excluding hydrogens is 226 g/mol. The van der Waals surface area contributed by atoms with Crippen molar-refractivity contribution >= 4 is 5.82 Å². The molecular formula is C13H25N5. The van der Waals surface area contributed by atoms with Crippen LogP contribution in [0.4, 0.5) is 5.82 Å². The molecule has 0 bridgehead atoms. The molecule has 1 aliphatic heterocycles. The topological polar surface area (TPSA) is 67.9 Å². The van der Waals surface area contributed by atoms with Gasteiger partial charge in [-0.05, 0) is 19.4 Å². The molecule has 18 heavy (non-hydrogen) atoms. The van der Waals surface area contributed by atoms with Gasteiger partial charge in [-0.1, -0.05) is 19.3 Å². The van der Waals surface area contributed by atoms with Crippen LogP contribution in [0, 0.1) is 0 Å². The Morgan fingerprint density at radius 1 is 1.28 bits per heavy atom. The molecule has 4 N–H and O–H groups in total. The molecule has 0 spiro atoms. The molecule has 1 aliphatic rings. The Bertz CT molecular complexity index is 332. The second-order valence-electron chi connectivity index (χ2n) is 4.96. The van der Waals surface area contributed by atoms with Gasteiger partial charge < -0.3 is 16.4 Å². The van der Waals surface area contributed by atoms with Crippen molar-refractivity contribution in [2.75, 3.05) is 31.5 Å². The van der Waals surface area contributed by atoms with Gasteiger partial charge in [0.1, 0.15) is 5.82 Å². The van der Waals surface area contributed by atoms with Crippen LogP contribution in [0.1, 0.15) is 38.1 Å². The fourth-order valence-corrected chi connectivity index (χ4v) is 2.21. The summed E-state index contributed by atoms with van der Waals surface area (Å²) in [5.41, 5.74) is 5.47. The minimum atomic E-state index is 0.534. The number of rotatable bonds is 9. The van der Waals surface area contributed by atoms with Gasteiger partial charge >= 0.3 is 0 Å². The summed E-state index contributed by atoms with van der Waals surface area (Å²) in [4.78, 5) is 0. The summed E-state index contributed by atoms with van der Waals surface area (Å²) in [6.07, 6.45) is 8.11. The number of anilines is 1. The Morgan fingerprint density at radius 2 is 2.06 bits per heavy atom. The predicted molar refractivity (Wildman–Crippen MR) is 74.8 cm³/mol. The molecule has 0 unspecified atom stereocenters. The molecule has 0 radical (unpaired) electrons. The molecule has 102 valence electrons. The van der Waals surface area contributed by atoms with Gasteiger partial charge in [0.15, 0.2) is 0 Å². The zero-order valence-corrected chi connectivity index (χ0v) is 11.1. The highest BCUT2D eigenvalue weighted by molar-refractivity contribution is 5.34. The highest BCUT2D eigenvalue weighted by atomic mass is 15.4. The highest BCUT2D eigenvalue weighted by Gasteiger charge is 2.21. The number of unbranched alkanes of at least 4 members (excludes halogenated alkanes) is 4. The Labute approximate surface area is 109 Å². The Morgan fingerprint density at radius 3 is 2.78 bits per heavy atom. The van der Waals surface area contributed by atoms with E-state index in [-0.39, 0.29) is 0 Å². The molecule has 2 rings (SSSR count). The molecule has 1 saturated heterocycles. The van der Waals surface area contributed by atoms with Gasteiger partial charge in [-0.3, -0.25) is 0 Å². The van der Waals surface area contributed by atoms with Gasteiger partial charge in [0.2, 0.25) is 0 Å². The molecule has 5 heteroatoms. The maximum absolute atomic E-state index is 5.47. The average Bonchev–Trinajstić information content (AvgIpc) is 2.74. The van der Waals surface area contributed by atoms with Crippen molar-refractivity contribution in [2.24, 2.45) is 5.73 Å². The largest absolute Gasteiger partial charge is 0.370 e.